The van der Waals surface area contributed by atoms with Crippen molar-refractivity contribution in [2.75, 3.05) is 25.5 Å². The van der Waals surface area contributed by atoms with Gasteiger partial charge in [0.05, 0.1) is 12.8 Å². The average Bonchev–Trinajstić information content (AvgIpc) is 2.60. The van der Waals surface area contributed by atoms with Crippen LogP contribution in [0.3, 0.4) is 0 Å². The molecule has 5 heteroatoms. The van der Waals surface area contributed by atoms with Gasteiger partial charge in [0.25, 0.3) is 0 Å². The molecule has 2 aromatic rings. The van der Waals surface area contributed by atoms with Gasteiger partial charge in [-0.05, 0) is 42.2 Å². The number of ether oxygens (including phenoxy) is 1. The van der Waals surface area contributed by atoms with Crippen LogP contribution in [0.5, 0.6) is 5.75 Å². The zero-order valence-electron chi connectivity index (χ0n) is 14.7. The standard InChI is InChI=1S/C20H24N2O2.ClH/c1-15-7-8-19(24-2)18(13-15)21-20(23)10-12-22-11-9-16-5-3-4-6-17(16)14-22;/h3-8,13H,9-12,14H2,1-2H3,(H,21,23);1H. The van der Waals surface area contributed by atoms with Crippen molar-refractivity contribution in [1.82, 2.24) is 4.90 Å². The van der Waals surface area contributed by atoms with Gasteiger partial charge < -0.3 is 10.1 Å². The maximum atomic E-state index is 12.3. The molecule has 134 valence electrons. The summed E-state index contributed by atoms with van der Waals surface area (Å²) in [6, 6.07) is 14.3. The van der Waals surface area contributed by atoms with Gasteiger partial charge in [0.15, 0.2) is 0 Å². The molecule has 1 amide bonds. The van der Waals surface area contributed by atoms with Gasteiger partial charge in [0.2, 0.25) is 5.91 Å². The lowest BCUT2D eigenvalue weighted by Crippen LogP contribution is -2.33. The number of amides is 1. The highest BCUT2D eigenvalue weighted by atomic mass is 35.5. The molecule has 2 aromatic carbocycles. The van der Waals surface area contributed by atoms with Gasteiger partial charge in [0.1, 0.15) is 5.75 Å². The Morgan fingerprint density at radius 2 is 1.96 bits per heavy atom. The quantitative estimate of drug-likeness (QED) is 0.881. The molecule has 1 aliphatic heterocycles. The second-order valence-corrected chi connectivity index (χ2v) is 6.30. The molecular formula is C20H25ClN2O2. The zero-order valence-corrected chi connectivity index (χ0v) is 15.6. The Morgan fingerprint density at radius 1 is 1.20 bits per heavy atom. The fraction of sp³-hybridized carbons (Fsp3) is 0.350. The SMILES string of the molecule is COc1ccc(C)cc1NC(=O)CCN1CCc2ccccc2C1.Cl. The third kappa shape index (κ3) is 4.97. The van der Waals surface area contributed by atoms with E-state index < -0.39 is 0 Å². The van der Waals surface area contributed by atoms with Crippen LogP contribution in [0.4, 0.5) is 5.69 Å². The lowest BCUT2D eigenvalue weighted by molar-refractivity contribution is -0.116. The van der Waals surface area contributed by atoms with Crippen LogP contribution in [0.1, 0.15) is 23.1 Å². The van der Waals surface area contributed by atoms with E-state index in [1.54, 1.807) is 7.11 Å². The molecule has 0 aromatic heterocycles. The van der Waals surface area contributed by atoms with Gasteiger partial charge >= 0.3 is 0 Å². The molecule has 0 unspecified atom stereocenters. The Morgan fingerprint density at radius 3 is 2.72 bits per heavy atom. The predicted molar refractivity (Wildman–Crippen MR) is 104 cm³/mol. The predicted octanol–water partition coefficient (Wildman–Crippen LogP) is 3.81. The summed E-state index contributed by atoms with van der Waals surface area (Å²) in [5.74, 6) is 0.721. The first kappa shape index (κ1) is 19.3. The Balaban J connectivity index is 0.00000225. The Hall–Kier alpha value is -2.04. The fourth-order valence-corrected chi connectivity index (χ4v) is 3.14. The summed E-state index contributed by atoms with van der Waals surface area (Å²) >= 11 is 0. The van der Waals surface area contributed by atoms with Crippen LogP contribution >= 0.6 is 12.4 Å². The van der Waals surface area contributed by atoms with Gasteiger partial charge in [0, 0.05) is 26.1 Å². The van der Waals surface area contributed by atoms with Crippen molar-refractivity contribution in [3.8, 4) is 5.75 Å². The molecule has 0 radical (unpaired) electrons. The van der Waals surface area contributed by atoms with Crippen LogP contribution in [0.25, 0.3) is 0 Å². The summed E-state index contributed by atoms with van der Waals surface area (Å²) in [6.45, 7) is 4.71. The minimum atomic E-state index is 0. The van der Waals surface area contributed by atoms with E-state index in [1.807, 2.05) is 25.1 Å². The van der Waals surface area contributed by atoms with Crippen LogP contribution in [0.15, 0.2) is 42.5 Å². The van der Waals surface area contributed by atoms with Gasteiger partial charge in [-0.3, -0.25) is 9.69 Å². The first-order valence-corrected chi connectivity index (χ1v) is 8.39. The van der Waals surface area contributed by atoms with Crippen molar-refractivity contribution in [1.29, 1.82) is 0 Å². The summed E-state index contributed by atoms with van der Waals surface area (Å²) in [5, 5.41) is 2.97. The molecule has 0 spiro atoms. The number of rotatable bonds is 5. The number of halogens is 1. The topological polar surface area (TPSA) is 41.6 Å². The summed E-state index contributed by atoms with van der Waals surface area (Å²) in [4.78, 5) is 14.6. The van der Waals surface area contributed by atoms with Gasteiger partial charge in [-0.2, -0.15) is 0 Å². The molecule has 0 atom stereocenters. The van der Waals surface area contributed by atoms with Crippen LogP contribution < -0.4 is 10.1 Å². The number of carbonyl (C=O) groups excluding carboxylic acids is 1. The number of methoxy groups -OCH3 is 1. The van der Waals surface area contributed by atoms with Crippen LogP contribution in [0, 0.1) is 6.92 Å². The molecule has 0 saturated carbocycles. The second kappa shape index (κ2) is 8.88. The fourth-order valence-electron chi connectivity index (χ4n) is 3.14. The van der Waals surface area contributed by atoms with E-state index in [1.165, 1.54) is 11.1 Å². The lowest BCUT2D eigenvalue weighted by Gasteiger charge is -2.28. The average molecular weight is 361 g/mol. The second-order valence-electron chi connectivity index (χ2n) is 6.30. The largest absolute Gasteiger partial charge is 0.495 e. The van der Waals surface area contributed by atoms with E-state index in [-0.39, 0.29) is 18.3 Å². The van der Waals surface area contributed by atoms with Gasteiger partial charge in [-0.15, -0.1) is 12.4 Å². The number of fused-ring (bicyclic) bond motifs is 1. The minimum absolute atomic E-state index is 0. The Bertz CT molecular complexity index is 733. The smallest absolute Gasteiger partial charge is 0.225 e. The Labute approximate surface area is 155 Å². The van der Waals surface area contributed by atoms with E-state index in [4.69, 9.17) is 4.74 Å². The van der Waals surface area contributed by atoms with Crippen LogP contribution in [-0.4, -0.2) is 31.0 Å². The van der Waals surface area contributed by atoms with E-state index in [9.17, 15) is 4.79 Å². The normalized spacial score (nSPS) is 13.5. The maximum Gasteiger partial charge on any atom is 0.225 e. The molecule has 0 fully saturated rings. The molecule has 1 N–H and O–H groups in total. The molecule has 3 rings (SSSR count). The number of hydrogen-bond acceptors (Lipinski definition) is 3. The summed E-state index contributed by atoms with van der Waals surface area (Å²) in [5.41, 5.74) is 4.65. The van der Waals surface area contributed by atoms with Crippen LogP contribution in [-0.2, 0) is 17.8 Å². The number of aryl methyl sites for hydroxylation is 1. The third-order valence-corrected chi connectivity index (χ3v) is 4.49. The van der Waals surface area contributed by atoms with Crippen molar-refractivity contribution < 1.29 is 9.53 Å². The molecule has 4 nitrogen and oxygen atoms in total. The van der Waals surface area contributed by atoms with Crippen molar-refractivity contribution in [3.63, 3.8) is 0 Å². The summed E-state index contributed by atoms with van der Waals surface area (Å²) in [6.07, 6.45) is 1.54. The van der Waals surface area contributed by atoms with Crippen molar-refractivity contribution in [2.24, 2.45) is 0 Å². The highest BCUT2D eigenvalue weighted by molar-refractivity contribution is 5.92. The number of nitrogens with zero attached hydrogens (tertiary/aromatic N) is 1. The highest BCUT2D eigenvalue weighted by Gasteiger charge is 2.16. The number of benzene rings is 2. The van der Waals surface area contributed by atoms with E-state index in [2.05, 4.69) is 34.5 Å². The molecular weight excluding hydrogens is 336 g/mol. The molecule has 0 bridgehead atoms. The zero-order chi connectivity index (χ0) is 16.9. The van der Waals surface area contributed by atoms with Crippen molar-refractivity contribution >= 4 is 24.0 Å². The minimum Gasteiger partial charge on any atom is -0.495 e. The van der Waals surface area contributed by atoms with Gasteiger partial charge in [-0.1, -0.05) is 30.3 Å². The maximum absolute atomic E-state index is 12.3. The Kier molecular flexibility index (Phi) is 6.85. The monoisotopic (exact) mass is 360 g/mol. The molecule has 1 aliphatic rings. The highest BCUT2D eigenvalue weighted by Crippen LogP contribution is 2.25. The molecule has 25 heavy (non-hydrogen) atoms. The van der Waals surface area contributed by atoms with E-state index in [0.717, 1.165) is 37.3 Å². The molecule has 1 heterocycles. The first-order valence-electron chi connectivity index (χ1n) is 8.39. The summed E-state index contributed by atoms with van der Waals surface area (Å²) in [7, 11) is 1.62. The van der Waals surface area contributed by atoms with Crippen molar-refractivity contribution in [3.05, 3.63) is 59.2 Å². The lowest BCUT2D eigenvalue weighted by atomic mass is 10.00. The number of anilines is 1. The summed E-state index contributed by atoms with van der Waals surface area (Å²) < 4.78 is 5.31. The number of nitrogens with one attached hydrogen (secondary N) is 1. The van der Waals surface area contributed by atoms with E-state index >= 15 is 0 Å². The van der Waals surface area contributed by atoms with Gasteiger partial charge in [-0.25, -0.2) is 0 Å². The third-order valence-electron chi connectivity index (χ3n) is 4.49. The molecule has 0 saturated heterocycles. The van der Waals surface area contributed by atoms with Crippen LogP contribution in [0.2, 0.25) is 0 Å². The number of hydrogen-bond donors (Lipinski definition) is 1. The number of carbonyl (C=O) groups is 1. The van der Waals surface area contributed by atoms with E-state index in [0.29, 0.717) is 12.2 Å². The first-order chi connectivity index (χ1) is 11.7. The van der Waals surface area contributed by atoms with Crippen molar-refractivity contribution in [2.45, 2.75) is 26.3 Å². The molecule has 0 aliphatic carbocycles.